The summed E-state index contributed by atoms with van der Waals surface area (Å²) >= 11 is 1.59. The number of nitrogens with zero attached hydrogens (tertiary/aromatic N) is 1. The van der Waals surface area contributed by atoms with Crippen LogP contribution in [0.1, 0.15) is 51.7 Å². The number of aliphatic imine (C=N–C) groups is 1. The summed E-state index contributed by atoms with van der Waals surface area (Å²) in [6.07, 6.45) is 5.82. The number of hydrogen-bond donors (Lipinski definition) is 1. The maximum Gasteiger partial charge on any atom is 0.259 e. The average molecular weight is 529 g/mol. The topological polar surface area (TPSA) is 59.9 Å². The molecule has 1 amide bonds. The predicted octanol–water partition coefficient (Wildman–Crippen LogP) is 7.75. The third-order valence-electron chi connectivity index (χ3n) is 6.35. The lowest BCUT2D eigenvalue weighted by molar-refractivity contribution is 0.102. The number of ether oxygens (including phenoxy) is 2. The van der Waals surface area contributed by atoms with Gasteiger partial charge in [0.1, 0.15) is 17.4 Å². The van der Waals surface area contributed by atoms with Gasteiger partial charge in [-0.3, -0.25) is 4.79 Å². The number of halogens is 1. The van der Waals surface area contributed by atoms with E-state index in [1.54, 1.807) is 41.8 Å². The molecule has 0 spiro atoms. The predicted molar refractivity (Wildman–Crippen MR) is 151 cm³/mol. The largest absolute Gasteiger partial charge is 0.490 e. The van der Waals surface area contributed by atoms with E-state index in [1.165, 1.54) is 10.9 Å². The van der Waals surface area contributed by atoms with Gasteiger partial charge in [0.2, 0.25) is 0 Å². The lowest BCUT2D eigenvalue weighted by Gasteiger charge is -2.13. The van der Waals surface area contributed by atoms with E-state index in [9.17, 15) is 9.18 Å². The van der Waals surface area contributed by atoms with Crippen molar-refractivity contribution < 1.29 is 18.7 Å². The molecule has 0 bridgehead atoms. The Balaban J connectivity index is 1.39. The first kappa shape index (κ1) is 25.7. The zero-order valence-electron chi connectivity index (χ0n) is 21.2. The SMILES string of the molecule is CCOc1cc(/C=N\c2sc3c(c2C(=O)Nc2ccccc2)CCCC3)ccc1OCc1ccccc1F. The Hall–Kier alpha value is -3.97. The first-order valence-electron chi connectivity index (χ1n) is 12.8. The van der Waals surface area contributed by atoms with Gasteiger partial charge in [0.05, 0.1) is 12.2 Å². The van der Waals surface area contributed by atoms with Gasteiger partial charge in [0.15, 0.2) is 11.5 Å². The number of thiophene rings is 1. The molecule has 3 aromatic carbocycles. The van der Waals surface area contributed by atoms with Crippen LogP contribution in [0, 0.1) is 5.82 Å². The standard InChI is InChI=1S/C31H29FN2O3S/c1-2-36-27-18-21(16-17-26(27)37-20-22-10-6-8-14-25(22)32)19-33-31-29(24-13-7-9-15-28(24)38-31)30(35)34-23-11-4-3-5-12-23/h3-6,8,10-12,14,16-19H,2,7,9,13,15,20H2,1H3,(H,34,35)/b33-19-. The highest BCUT2D eigenvalue weighted by molar-refractivity contribution is 7.16. The Labute approximate surface area is 226 Å². The van der Waals surface area contributed by atoms with Crippen molar-refractivity contribution in [1.29, 1.82) is 0 Å². The van der Waals surface area contributed by atoms with E-state index in [1.807, 2.05) is 49.4 Å². The van der Waals surface area contributed by atoms with Gasteiger partial charge in [-0.05, 0) is 80.1 Å². The van der Waals surface area contributed by atoms with Crippen LogP contribution in [0.15, 0.2) is 77.8 Å². The van der Waals surface area contributed by atoms with Crippen molar-refractivity contribution in [3.63, 3.8) is 0 Å². The second-order valence-electron chi connectivity index (χ2n) is 8.99. The first-order valence-corrected chi connectivity index (χ1v) is 13.6. The molecular weight excluding hydrogens is 499 g/mol. The maximum absolute atomic E-state index is 14.0. The van der Waals surface area contributed by atoms with Crippen LogP contribution in [0.4, 0.5) is 15.1 Å². The minimum atomic E-state index is -0.306. The Kier molecular flexibility index (Phi) is 8.14. The van der Waals surface area contributed by atoms with Crippen molar-refractivity contribution in [2.75, 3.05) is 11.9 Å². The highest BCUT2D eigenvalue weighted by Gasteiger charge is 2.25. The highest BCUT2D eigenvalue weighted by atomic mass is 32.1. The molecule has 4 aromatic rings. The van der Waals surface area contributed by atoms with Crippen LogP contribution < -0.4 is 14.8 Å². The van der Waals surface area contributed by atoms with Crippen molar-refractivity contribution >= 4 is 34.1 Å². The zero-order chi connectivity index (χ0) is 26.3. The average Bonchev–Trinajstić information content (AvgIpc) is 3.31. The fraction of sp³-hybridized carbons (Fsp3) is 0.226. The number of carbonyl (C=O) groups is 1. The lowest BCUT2D eigenvalue weighted by Crippen LogP contribution is -2.14. The molecule has 1 aliphatic carbocycles. The van der Waals surface area contributed by atoms with Gasteiger partial charge in [0, 0.05) is 22.3 Å². The fourth-order valence-corrected chi connectivity index (χ4v) is 5.72. The van der Waals surface area contributed by atoms with Crippen molar-refractivity contribution in [3.05, 3.63) is 106 Å². The molecule has 0 fully saturated rings. The fourth-order valence-electron chi connectivity index (χ4n) is 4.49. The second-order valence-corrected chi connectivity index (χ2v) is 10.1. The van der Waals surface area contributed by atoms with Crippen LogP contribution in [0.5, 0.6) is 11.5 Å². The van der Waals surface area contributed by atoms with E-state index in [0.717, 1.165) is 42.5 Å². The van der Waals surface area contributed by atoms with Gasteiger partial charge < -0.3 is 14.8 Å². The van der Waals surface area contributed by atoms with Gasteiger partial charge in [0.25, 0.3) is 5.91 Å². The number of amides is 1. The number of aryl methyl sites for hydroxylation is 1. The molecule has 0 saturated carbocycles. The number of anilines is 1. The normalized spacial score (nSPS) is 12.8. The zero-order valence-corrected chi connectivity index (χ0v) is 22.0. The van der Waals surface area contributed by atoms with Crippen molar-refractivity contribution in [2.24, 2.45) is 4.99 Å². The number of fused-ring (bicyclic) bond motifs is 1. The van der Waals surface area contributed by atoms with Crippen molar-refractivity contribution in [3.8, 4) is 11.5 Å². The minimum absolute atomic E-state index is 0.0980. The molecule has 0 radical (unpaired) electrons. The number of hydrogen-bond acceptors (Lipinski definition) is 5. The van der Waals surface area contributed by atoms with E-state index in [-0.39, 0.29) is 18.3 Å². The minimum Gasteiger partial charge on any atom is -0.490 e. The summed E-state index contributed by atoms with van der Waals surface area (Å²) in [6, 6.07) is 21.5. The summed E-state index contributed by atoms with van der Waals surface area (Å²) in [6.45, 7) is 2.45. The molecule has 0 atom stereocenters. The summed E-state index contributed by atoms with van der Waals surface area (Å²) in [5.74, 6) is 0.650. The molecule has 1 heterocycles. The van der Waals surface area contributed by atoms with Gasteiger partial charge >= 0.3 is 0 Å². The smallest absolute Gasteiger partial charge is 0.259 e. The van der Waals surface area contributed by atoms with Crippen LogP contribution in [-0.2, 0) is 19.4 Å². The summed E-state index contributed by atoms with van der Waals surface area (Å²) in [7, 11) is 0. The molecule has 1 aliphatic rings. The molecule has 1 N–H and O–H groups in total. The van der Waals surface area contributed by atoms with Crippen molar-refractivity contribution in [1.82, 2.24) is 0 Å². The Morgan fingerprint density at radius 2 is 1.79 bits per heavy atom. The van der Waals surface area contributed by atoms with E-state index >= 15 is 0 Å². The lowest BCUT2D eigenvalue weighted by atomic mass is 9.95. The van der Waals surface area contributed by atoms with Crippen LogP contribution in [-0.4, -0.2) is 18.7 Å². The first-order chi connectivity index (χ1) is 18.6. The number of nitrogens with one attached hydrogen (secondary N) is 1. The molecule has 38 heavy (non-hydrogen) atoms. The Morgan fingerprint density at radius 1 is 1.00 bits per heavy atom. The van der Waals surface area contributed by atoms with Gasteiger partial charge in [-0.25, -0.2) is 9.38 Å². The maximum atomic E-state index is 14.0. The van der Waals surface area contributed by atoms with E-state index in [4.69, 9.17) is 14.5 Å². The quantitative estimate of drug-likeness (QED) is 0.226. The summed E-state index contributed by atoms with van der Waals surface area (Å²) < 4.78 is 25.7. The van der Waals surface area contributed by atoms with Gasteiger partial charge in [-0.15, -0.1) is 11.3 Å². The number of benzene rings is 3. The van der Waals surface area contributed by atoms with Gasteiger partial charge in [-0.2, -0.15) is 0 Å². The van der Waals surface area contributed by atoms with Crippen LogP contribution in [0.25, 0.3) is 0 Å². The van der Waals surface area contributed by atoms with E-state index < -0.39 is 0 Å². The summed E-state index contributed by atoms with van der Waals surface area (Å²) in [4.78, 5) is 19.3. The third-order valence-corrected chi connectivity index (χ3v) is 7.55. The molecule has 7 heteroatoms. The third kappa shape index (κ3) is 5.94. The molecule has 5 rings (SSSR count). The number of carbonyl (C=O) groups excluding carboxylic acids is 1. The molecule has 0 unspecified atom stereocenters. The molecule has 194 valence electrons. The second kappa shape index (κ2) is 12.0. The van der Waals surface area contributed by atoms with Crippen LogP contribution >= 0.6 is 11.3 Å². The summed E-state index contributed by atoms with van der Waals surface area (Å²) in [5.41, 5.74) is 3.83. The molecule has 0 saturated heterocycles. The molecular formula is C31H29FN2O3S. The number of para-hydroxylation sites is 1. The van der Waals surface area contributed by atoms with Crippen LogP contribution in [0.3, 0.4) is 0 Å². The Bertz CT molecular complexity index is 1450. The molecule has 0 aliphatic heterocycles. The van der Waals surface area contributed by atoms with Crippen LogP contribution in [0.2, 0.25) is 0 Å². The van der Waals surface area contributed by atoms with E-state index in [2.05, 4.69) is 5.32 Å². The van der Waals surface area contributed by atoms with Gasteiger partial charge in [-0.1, -0.05) is 36.4 Å². The van der Waals surface area contributed by atoms with Crippen molar-refractivity contribution in [2.45, 2.75) is 39.2 Å². The number of rotatable bonds is 9. The molecule has 5 nitrogen and oxygen atoms in total. The molecule has 1 aromatic heterocycles. The Morgan fingerprint density at radius 3 is 2.61 bits per heavy atom. The monoisotopic (exact) mass is 528 g/mol. The highest BCUT2D eigenvalue weighted by Crippen LogP contribution is 2.40. The summed E-state index contributed by atoms with van der Waals surface area (Å²) in [5, 5.41) is 3.74. The van der Waals surface area contributed by atoms with E-state index in [0.29, 0.717) is 34.2 Å².